The predicted octanol–water partition coefficient (Wildman–Crippen LogP) is 1.00. The molecule has 1 N–H and O–H groups in total. The number of carboxylic acid groups (broad SMARTS) is 1. The Morgan fingerprint density at radius 3 is 2.38 bits per heavy atom. The van der Waals surface area contributed by atoms with E-state index in [1.54, 1.807) is 13.0 Å². The molecule has 0 spiro atoms. The summed E-state index contributed by atoms with van der Waals surface area (Å²) < 4.78 is 1.11. The minimum Gasteiger partial charge on any atom is -0.480 e. The van der Waals surface area contributed by atoms with Crippen molar-refractivity contribution in [2.24, 2.45) is 0 Å². The van der Waals surface area contributed by atoms with Gasteiger partial charge in [-0.1, -0.05) is 0 Å². The van der Waals surface area contributed by atoms with Crippen LogP contribution in [0.15, 0.2) is 16.9 Å². The lowest BCUT2D eigenvalue weighted by molar-refractivity contribution is -0.140. The van der Waals surface area contributed by atoms with Gasteiger partial charge in [0.1, 0.15) is 6.04 Å². The Labute approximate surface area is 92.3 Å². The first-order chi connectivity index (χ1) is 7.36. The monoisotopic (exact) mass is 223 g/mol. The molecule has 0 aliphatic carbocycles. The molecule has 1 heterocycles. The molecule has 0 aliphatic rings. The molecule has 1 rings (SSSR count). The number of aryl methyl sites for hydroxylation is 1. The molecule has 0 fully saturated rings. The summed E-state index contributed by atoms with van der Waals surface area (Å²) in [5, 5.41) is 8.87. The van der Waals surface area contributed by atoms with E-state index in [-0.39, 0.29) is 11.3 Å². The molecular formula is C11H13NO4. The Morgan fingerprint density at radius 1 is 1.38 bits per heavy atom. The maximum atomic E-state index is 11.9. The molecule has 0 bridgehead atoms. The molecule has 0 saturated carbocycles. The molecule has 1 aromatic rings. The molecule has 0 radical (unpaired) electrons. The van der Waals surface area contributed by atoms with Crippen molar-refractivity contribution in [3.05, 3.63) is 33.7 Å². The third kappa shape index (κ3) is 2.03. The van der Waals surface area contributed by atoms with Gasteiger partial charge >= 0.3 is 5.97 Å². The van der Waals surface area contributed by atoms with Gasteiger partial charge in [-0.15, -0.1) is 0 Å². The Morgan fingerprint density at radius 2 is 1.94 bits per heavy atom. The van der Waals surface area contributed by atoms with E-state index < -0.39 is 17.6 Å². The third-order valence-electron chi connectivity index (χ3n) is 2.44. The number of Topliss-reactive ketones (excluding diaryl/α,β-unsaturated/α-hetero) is 1. The van der Waals surface area contributed by atoms with E-state index in [1.165, 1.54) is 19.9 Å². The summed E-state index contributed by atoms with van der Waals surface area (Å²) in [6.07, 6.45) is 0. The van der Waals surface area contributed by atoms with E-state index in [0.29, 0.717) is 5.69 Å². The minimum atomic E-state index is -1.11. The van der Waals surface area contributed by atoms with Crippen molar-refractivity contribution in [2.45, 2.75) is 26.8 Å². The summed E-state index contributed by atoms with van der Waals surface area (Å²) in [5.74, 6) is -1.47. The number of hydrogen-bond donors (Lipinski definition) is 1. The summed E-state index contributed by atoms with van der Waals surface area (Å²) in [6.45, 7) is 4.31. The van der Waals surface area contributed by atoms with Gasteiger partial charge in [0.2, 0.25) is 0 Å². The van der Waals surface area contributed by atoms with Gasteiger partial charge in [0, 0.05) is 5.69 Å². The number of carbonyl (C=O) groups is 2. The highest BCUT2D eigenvalue weighted by atomic mass is 16.4. The number of ketones is 1. The zero-order chi connectivity index (χ0) is 12.5. The lowest BCUT2D eigenvalue weighted by Gasteiger charge is -2.14. The maximum absolute atomic E-state index is 11.9. The van der Waals surface area contributed by atoms with Gasteiger partial charge in [0.25, 0.3) is 5.56 Å². The molecule has 1 atom stereocenters. The lowest BCUT2D eigenvalue weighted by Crippen LogP contribution is -2.32. The van der Waals surface area contributed by atoms with Gasteiger partial charge < -0.3 is 5.11 Å². The topological polar surface area (TPSA) is 76.4 Å². The van der Waals surface area contributed by atoms with Crippen molar-refractivity contribution in [1.82, 2.24) is 4.57 Å². The van der Waals surface area contributed by atoms with E-state index >= 15 is 0 Å². The van der Waals surface area contributed by atoms with E-state index in [2.05, 4.69) is 0 Å². The average molecular weight is 223 g/mol. The second-order valence-electron chi connectivity index (χ2n) is 3.63. The van der Waals surface area contributed by atoms with Crippen molar-refractivity contribution in [3.63, 3.8) is 0 Å². The summed E-state index contributed by atoms with van der Waals surface area (Å²) >= 11 is 0. The number of carboxylic acids is 1. The summed E-state index contributed by atoms with van der Waals surface area (Å²) in [4.78, 5) is 33.9. The fourth-order valence-corrected chi connectivity index (χ4v) is 1.51. The van der Waals surface area contributed by atoms with Crippen LogP contribution in [0.4, 0.5) is 0 Å². The largest absolute Gasteiger partial charge is 0.480 e. The average Bonchev–Trinajstić information content (AvgIpc) is 2.16. The molecule has 1 unspecified atom stereocenters. The third-order valence-corrected chi connectivity index (χ3v) is 2.44. The highest BCUT2D eigenvalue weighted by Gasteiger charge is 2.19. The number of pyridine rings is 1. The van der Waals surface area contributed by atoms with Crippen molar-refractivity contribution in [1.29, 1.82) is 0 Å². The van der Waals surface area contributed by atoms with E-state index in [1.807, 2.05) is 0 Å². The van der Waals surface area contributed by atoms with Gasteiger partial charge in [-0.3, -0.25) is 14.2 Å². The number of aromatic nitrogens is 1. The van der Waals surface area contributed by atoms with Gasteiger partial charge in [0.15, 0.2) is 5.78 Å². The lowest BCUT2D eigenvalue weighted by atomic mass is 10.1. The van der Waals surface area contributed by atoms with Gasteiger partial charge in [-0.2, -0.15) is 0 Å². The second kappa shape index (κ2) is 4.30. The maximum Gasteiger partial charge on any atom is 0.326 e. The van der Waals surface area contributed by atoms with Crippen molar-refractivity contribution >= 4 is 11.8 Å². The standard InChI is InChI=1S/C11H13NO4/c1-6-4-5-9(8(3)13)10(14)12(6)7(2)11(15)16/h4-5,7H,1-3H3,(H,15,16). The zero-order valence-corrected chi connectivity index (χ0v) is 9.35. The van der Waals surface area contributed by atoms with E-state index in [9.17, 15) is 14.4 Å². The van der Waals surface area contributed by atoms with E-state index in [0.717, 1.165) is 4.57 Å². The van der Waals surface area contributed by atoms with Crippen LogP contribution < -0.4 is 5.56 Å². The van der Waals surface area contributed by atoms with Crippen LogP contribution in [0.3, 0.4) is 0 Å². The minimum absolute atomic E-state index is 0.0127. The molecule has 1 aromatic heterocycles. The number of aliphatic carboxylic acids is 1. The van der Waals surface area contributed by atoms with Crippen LogP contribution in [-0.4, -0.2) is 21.4 Å². The van der Waals surface area contributed by atoms with Crippen LogP contribution in [0, 0.1) is 6.92 Å². The van der Waals surface area contributed by atoms with Gasteiger partial charge in [-0.25, -0.2) is 4.79 Å². The van der Waals surface area contributed by atoms with Crippen LogP contribution in [0.5, 0.6) is 0 Å². The Balaban J connectivity index is 3.50. The molecule has 86 valence electrons. The number of rotatable bonds is 3. The molecule has 5 heteroatoms. The highest BCUT2D eigenvalue weighted by Crippen LogP contribution is 2.08. The number of carbonyl (C=O) groups excluding carboxylic acids is 1. The summed E-state index contributed by atoms with van der Waals surface area (Å²) in [7, 11) is 0. The first-order valence-electron chi connectivity index (χ1n) is 4.82. The van der Waals surface area contributed by atoms with E-state index in [4.69, 9.17) is 5.11 Å². The molecule has 0 aromatic carbocycles. The fraction of sp³-hybridized carbons (Fsp3) is 0.364. The van der Waals surface area contributed by atoms with Crippen molar-refractivity contribution < 1.29 is 14.7 Å². The van der Waals surface area contributed by atoms with Crippen LogP contribution >= 0.6 is 0 Å². The fourth-order valence-electron chi connectivity index (χ4n) is 1.51. The quantitative estimate of drug-likeness (QED) is 0.776. The van der Waals surface area contributed by atoms with Crippen molar-refractivity contribution in [2.75, 3.05) is 0 Å². The van der Waals surface area contributed by atoms with Crippen LogP contribution in [0.25, 0.3) is 0 Å². The van der Waals surface area contributed by atoms with Gasteiger partial charge in [0.05, 0.1) is 5.56 Å². The normalized spacial score (nSPS) is 12.2. The molecule has 0 aliphatic heterocycles. The molecule has 0 amide bonds. The Kier molecular flexibility index (Phi) is 3.27. The van der Waals surface area contributed by atoms with Crippen LogP contribution in [-0.2, 0) is 4.79 Å². The SMILES string of the molecule is CC(=O)c1ccc(C)n(C(C)C(=O)O)c1=O. The smallest absolute Gasteiger partial charge is 0.326 e. The second-order valence-corrected chi connectivity index (χ2v) is 3.63. The highest BCUT2D eigenvalue weighted by molar-refractivity contribution is 5.93. The predicted molar refractivity (Wildman–Crippen MR) is 57.8 cm³/mol. The summed E-state index contributed by atoms with van der Waals surface area (Å²) in [5.41, 5.74) is -0.0222. The van der Waals surface area contributed by atoms with Crippen molar-refractivity contribution in [3.8, 4) is 0 Å². The Bertz CT molecular complexity index is 501. The molecule has 5 nitrogen and oxygen atoms in total. The summed E-state index contributed by atoms with van der Waals surface area (Å²) in [6, 6.07) is 2.01. The molecule has 0 saturated heterocycles. The van der Waals surface area contributed by atoms with Crippen LogP contribution in [0.1, 0.15) is 35.9 Å². The first-order valence-corrected chi connectivity index (χ1v) is 4.82. The van der Waals surface area contributed by atoms with Crippen LogP contribution in [0.2, 0.25) is 0 Å². The van der Waals surface area contributed by atoms with Gasteiger partial charge in [-0.05, 0) is 32.9 Å². The number of nitrogens with zero attached hydrogens (tertiary/aromatic N) is 1. The first kappa shape index (κ1) is 12.2. The molecular weight excluding hydrogens is 210 g/mol. The molecule has 16 heavy (non-hydrogen) atoms. The zero-order valence-electron chi connectivity index (χ0n) is 9.35. The number of hydrogen-bond acceptors (Lipinski definition) is 3. The Hall–Kier alpha value is -1.91.